The van der Waals surface area contributed by atoms with Crippen LogP contribution < -0.4 is 0 Å². The molecule has 3 heteroatoms. The molecule has 1 aromatic heterocycles. The molecule has 1 heterocycles. The topological polar surface area (TPSA) is 39.2 Å². The molecule has 1 unspecified atom stereocenters. The van der Waals surface area contributed by atoms with Crippen LogP contribution in [0.3, 0.4) is 0 Å². The minimum absolute atomic E-state index is 0.0225. The van der Waals surface area contributed by atoms with Gasteiger partial charge in [0.2, 0.25) is 0 Å². The summed E-state index contributed by atoms with van der Waals surface area (Å²) < 4.78 is 5.30. The molecular formula is C13H19NO2. The zero-order valence-electron chi connectivity index (χ0n) is 9.98. The van der Waals surface area contributed by atoms with Crippen LogP contribution in [-0.4, -0.2) is 17.1 Å². The van der Waals surface area contributed by atoms with Crippen molar-refractivity contribution < 1.29 is 9.53 Å². The maximum atomic E-state index is 11.5. The number of aromatic nitrogens is 1. The van der Waals surface area contributed by atoms with Gasteiger partial charge in [0.25, 0.3) is 0 Å². The van der Waals surface area contributed by atoms with Crippen molar-refractivity contribution in [1.82, 2.24) is 4.98 Å². The van der Waals surface area contributed by atoms with E-state index < -0.39 is 0 Å². The van der Waals surface area contributed by atoms with Crippen LogP contribution >= 0.6 is 0 Å². The average Bonchev–Trinajstić information content (AvgIpc) is 2.27. The number of hydrogen-bond donors (Lipinski definition) is 0. The van der Waals surface area contributed by atoms with E-state index in [-0.39, 0.29) is 12.1 Å². The number of nitrogens with zero attached hydrogens (tertiary/aromatic N) is 1. The molecule has 1 atom stereocenters. The van der Waals surface area contributed by atoms with Crippen molar-refractivity contribution in [1.29, 1.82) is 0 Å². The monoisotopic (exact) mass is 221 g/mol. The molecule has 0 spiro atoms. The smallest absolute Gasteiger partial charge is 0.310 e. The number of esters is 1. The van der Waals surface area contributed by atoms with Crippen molar-refractivity contribution in [3.8, 4) is 0 Å². The van der Waals surface area contributed by atoms with E-state index in [0.29, 0.717) is 6.42 Å². The SMILES string of the molecule is CCCCC(C)OC(=O)Cc1ccncc1. The third-order valence-corrected chi connectivity index (χ3v) is 2.39. The second kappa shape index (κ2) is 6.99. The molecule has 1 aromatic rings. The summed E-state index contributed by atoms with van der Waals surface area (Å²) >= 11 is 0. The lowest BCUT2D eigenvalue weighted by molar-refractivity contribution is -0.147. The van der Waals surface area contributed by atoms with Gasteiger partial charge in [-0.1, -0.05) is 19.8 Å². The van der Waals surface area contributed by atoms with E-state index in [1.165, 1.54) is 0 Å². The molecule has 0 aromatic carbocycles. The molecule has 0 aliphatic rings. The van der Waals surface area contributed by atoms with Gasteiger partial charge in [0.1, 0.15) is 0 Å². The van der Waals surface area contributed by atoms with Crippen LogP contribution in [0.1, 0.15) is 38.7 Å². The van der Waals surface area contributed by atoms with E-state index in [2.05, 4.69) is 11.9 Å². The molecule has 1 rings (SSSR count). The Morgan fingerprint density at radius 3 is 2.75 bits per heavy atom. The zero-order chi connectivity index (χ0) is 11.8. The fraction of sp³-hybridized carbons (Fsp3) is 0.538. The van der Waals surface area contributed by atoms with Crippen LogP contribution in [-0.2, 0) is 16.0 Å². The van der Waals surface area contributed by atoms with Crippen LogP contribution in [0.4, 0.5) is 0 Å². The van der Waals surface area contributed by atoms with Crippen LogP contribution in [0.2, 0.25) is 0 Å². The Labute approximate surface area is 96.8 Å². The Kier molecular flexibility index (Phi) is 5.54. The highest BCUT2D eigenvalue weighted by Crippen LogP contribution is 2.06. The first-order chi connectivity index (χ1) is 7.72. The molecule has 0 radical (unpaired) electrons. The standard InChI is InChI=1S/C13H19NO2/c1-3-4-5-11(2)16-13(15)10-12-6-8-14-9-7-12/h6-9,11H,3-5,10H2,1-2H3. The molecule has 0 N–H and O–H groups in total. The van der Waals surface area contributed by atoms with Gasteiger partial charge in [-0.3, -0.25) is 9.78 Å². The van der Waals surface area contributed by atoms with Gasteiger partial charge in [-0.25, -0.2) is 0 Å². The Hall–Kier alpha value is -1.38. The number of carbonyl (C=O) groups excluding carboxylic acids is 1. The van der Waals surface area contributed by atoms with E-state index in [9.17, 15) is 4.79 Å². The van der Waals surface area contributed by atoms with Crippen molar-refractivity contribution >= 4 is 5.97 Å². The van der Waals surface area contributed by atoms with Crippen LogP contribution in [0.15, 0.2) is 24.5 Å². The van der Waals surface area contributed by atoms with Gasteiger partial charge in [0, 0.05) is 12.4 Å². The highest BCUT2D eigenvalue weighted by atomic mass is 16.5. The molecule has 0 aliphatic carbocycles. The van der Waals surface area contributed by atoms with Crippen LogP contribution in [0.25, 0.3) is 0 Å². The first kappa shape index (κ1) is 12.7. The van der Waals surface area contributed by atoms with Crippen molar-refractivity contribution in [3.63, 3.8) is 0 Å². The largest absolute Gasteiger partial charge is 0.462 e. The van der Waals surface area contributed by atoms with Crippen molar-refractivity contribution in [2.75, 3.05) is 0 Å². The minimum atomic E-state index is -0.158. The lowest BCUT2D eigenvalue weighted by Gasteiger charge is -2.12. The summed E-state index contributed by atoms with van der Waals surface area (Å²) in [5, 5.41) is 0. The first-order valence-corrected chi connectivity index (χ1v) is 5.80. The van der Waals surface area contributed by atoms with Crippen molar-refractivity contribution in [3.05, 3.63) is 30.1 Å². The molecule has 88 valence electrons. The third-order valence-electron chi connectivity index (χ3n) is 2.39. The quantitative estimate of drug-likeness (QED) is 0.693. The van der Waals surface area contributed by atoms with E-state index in [1.54, 1.807) is 12.4 Å². The van der Waals surface area contributed by atoms with Crippen LogP contribution in [0.5, 0.6) is 0 Å². The van der Waals surface area contributed by atoms with E-state index >= 15 is 0 Å². The van der Waals surface area contributed by atoms with Gasteiger partial charge in [0.15, 0.2) is 0 Å². The minimum Gasteiger partial charge on any atom is -0.462 e. The lowest BCUT2D eigenvalue weighted by Crippen LogP contribution is -2.16. The summed E-state index contributed by atoms with van der Waals surface area (Å²) in [5.41, 5.74) is 0.947. The Morgan fingerprint density at radius 2 is 2.12 bits per heavy atom. The van der Waals surface area contributed by atoms with Gasteiger partial charge >= 0.3 is 5.97 Å². The molecule has 0 saturated heterocycles. The second-order valence-corrected chi connectivity index (χ2v) is 3.97. The van der Waals surface area contributed by atoms with Crippen molar-refractivity contribution in [2.24, 2.45) is 0 Å². The van der Waals surface area contributed by atoms with Crippen molar-refractivity contribution in [2.45, 2.75) is 45.6 Å². The number of rotatable bonds is 6. The second-order valence-electron chi connectivity index (χ2n) is 3.97. The summed E-state index contributed by atoms with van der Waals surface area (Å²) in [4.78, 5) is 15.4. The lowest BCUT2D eigenvalue weighted by atomic mass is 10.2. The van der Waals surface area contributed by atoms with Gasteiger partial charge in [-0.15, -0.1) is 0 Å². The predicted octanol–water partition coefficient (Wildman–Crippen LogP) is 2.75. The highest BCUT2D eigenvalue weighted by Gasteiger charge is 2.09. The van der Waals surface area contributed by atoms with E-state index in [1.807, 2.05) is 19.1 Å². The Balaban J connectivity index is 2.31. The highest BCUT2D eigenvalue weighted by molar-refractivity contribution is 5.72. The first-order valence-electron chi connectivity index (χ1n) is 5.80. The average molecular weight is 221 g/mol. The molecular weight excluding hydrogens is 202 g/mol. The van der Waals surface area contributed by atoms with Crippen LogP contribution in [0, 0.1) is 0 Å². The Morgan fingerprint density at radius 1 is 1.44 bits per heavy atom. The number of pyridine rings is 1. The summed E-state index contributed by atoms with van der Waals surface area (Å²) in [7, 11) is 0. The number of hydrogen-bond acceptors (Lipinski definition) is 3. The molecule has 0 amide bonds. The number of ether oxygens (including phenoxy) is 1. The van der Waals surface area contributed by atoms with Gasteiger partial charge in [-0.05, 0) is 31.0 Å². The maximum absolute atomic E-state index is 11.5. The maximum Gasteiger partial charge on any atom is 0.310 e. The third kappa shape index (κ3) is 4.91. The molecule has 3 nitrogen and oxygen atoms in total. The van der Waals surface area contributed by atoms with E-state index in [4.69, 9.17) is 4.74 Å². The fourth-order valence-corrected chi connectivity index (χ4v) is 1.48. The summed E-state index contributed by atoms with van der Waals surface area (Å²) in [6.45, 7) is 4.08. The molecule has 16 heavy (non-hydrogen) atoms. The molecule has 0 saturated carbocycles. The molecule has 0 aliphatic heterocycles. The van der Waals surface area contributed by atoms with Gasteiger partial charge in [-0.2, -0.15) is 0 Å². The summed E-state index contributed by atoms with van der Waals surface area (Å²) in [6.07, 6.45) is 6.90. The zero-order valence-corrected chi connectivity index (χ0v) is 9.98. The normalized spacial score (nSPS) is 12.1. The molecule has 0 bridgehead atoms. The predicted molar refractivity (Wildman–Crippen MR) is 63.0 cm³/mol. The summed E-state index contributed by atoms with van der Waals surface area (Å²) in [6, 6.07) is 3.66. The van der Waals surface area contributed by atoms with Gasteiger partial charge < -0.3 is 4.74 Å². The summed E-state index contributed by atoms with van der Waals surface area (Å²) in [5.74, 6) is -0.158. The number of carbonyl (C=O) groups is 1. The Bertz CT molecular complexity index is 311. The fourth-order valence-electron chi connectivity index (χ4n) is 1.48. The molecule has 0 fully saturated rings. The van der Waals surface area contributed by atoms with Gasteiger partial charge in [0.05, 0.1) is 12.5 Å². The van der Waals surface area contributed by atoms with E-state index in [0.717, 1.165) is 24.8 Å². The number of unbranched alkanes of at least 4 members (excludes halogenated alkanes) is 1.